The van der Waals surface area contributed by atoms with Gasteiger partial charge in [-0.1, -0.05) is 23.1 Å². The van der Waals surface area contributed by atoms with Crippen molar-refractivity contribution in [3.05, 3.63) is 42.3 Å². The van der Waals surface area contributed by atoms with Crippen LogP contribution in [0.1, 0.15) is 12.8 Å². The molecule has 152 valence electrons. The van der Waals surface area contributed by atoms with Crippen molar-refractivity contribution in [3.63, 3.8) is 0 Å². The molecule has 0 saturated carbocycles. The first-order chi connectivity index (χ1) is 13.9. The van der Waals surface area contributed by atoms with Crippen molar-refractivity contribution in [2.24, 2.45) is 0 Å². The van der Waals surface area contributed by atoms with E-state index in [0.29, 0.717) is 33.5 Å². The summed E-state index contributed by atoms with van der Waals surface area (Å²) in [5.74, 6) is -0.531. The number of halogens is 1. The highest BCUT2D eigenvalue weighted by Gasteiger charge is 2.27. The average Bonchev–Trinajstić information content (AvgIpc) is 3.36. The van der Waals surface area contributed by atoms with Crippen molar-refractivity contribution in [3.8, 4) is 0 Å². The Morgan fingerprint density at radius 1 is 1.24 bits per heavy atom. The van der Waals surface area contributed by atoms with Gasteiger partial charge in [-0.2, -0.15) is 4.31 Å². The number of pyridine rings is 1. The molecule has 1 saturated heterocycles. The van der Waals surface area contributed by atoms with Gasteiger partial charge in [0.15, 0.2) is 5.13 Å². The molecule has 3 aromatic rings. The van der Waals surface area contributed by atoms with Gasteiger partial charge in [-0.15, -0.1) is 0 Å². The zero-order valence-corrected chi connectivity index (χ0v) is 17.6. The second-order valence-corrected chi connectivity index (χ2v) is 10.4. The molecule has 1 aliphatic heterocycles. The van der Waals surface area contributed by atoms with Crippen LogP contribution in [0.25, 0.3) is 10.2 Å². The fourth-order valence-corrected chi connectivity index (χ4v) is 5.94. The van der Waals surface area contributed by atoms with Gasteiger partial charge in [-0.3, -0.25) is 4.79 Å². The molecule has 3 heterocycles. The van der Waals surface area contributed by atoms with E-state index in [-0.39, 0.29) is 22.4 Å². The Labute approximate surface area is 175 Å². The molecule has 11 heteroatoms. The van der Waals surface area contributed by atoms with Gasteiger partial charge in [0.1, 0.15) is 10.7 Å². The number of carbonyl (C=O) groups is 1. The third kappa shape index (κ3) is 4.58. The summed E-state index contributed by atoms with van der Waals surface area (Å²) < 4.78 is 40.4. The van der Waals surface area contributed by atoms with Gasteiger partial charge in [0.2, 0.25) is 15.9 Å². The highest BCUT2D eigenvalue weighted by atomic mass is 32.2. The van der Waals surface area contributed by atoms with E-state index < -0.39 is 10.0 Å². The second kappa shape index (κ2) is 8.34. The van der Waals surface area contributed by atoms with Crippen molar-refractivity contribution in [2.45, 2.75) is 22.8 Å². The zero-order chi connectivity index (χ0) is 20.4. The van der Waals surface area contributed by atoms with Crippen molar-refractivity contribution in [1.29, 1.82) is 0 Å². The minimum absolute atomic E-state index is 0.0928. The average molecular weight is 453 g/mol. The van der Waals surface area contributed by atoms with Crippen LogP contribution in [-0.2, 0) is 14.8 Å². The lowest BCUT2D eigenvalue weighted by Crippen LogP contribution is -2.27. The molecule has 2 aromatic heterocycles. The predicted molar refractivity (Wildman–Crippen MR) is 111 cm³/mol. The molecular formula is C18H17FN4O3S3. The van der Waals surface area contributed by atoms with E-state index in [0.717, 1.165) is 12.8 Å². The minimum Gasteiger partial charge on any atom is -0.301 e. The summed E-state index contributed by atoms with van der Waals surface area (Å²) in [5.41, 5.74) is 0.621. The van der Waals surface area contributed by atoms with Crippen molar-refractivity contribution < 1.29 is 17.6 Å². The number of aromatic nitrogens is 2. The Bertz CT molecular complexity index is 1140. The van der Waals surface area contributed by atoms with Crippen LogP contribution in [0, 0.1) is 5.82 Å². The van der Waals surface area contributed by atoms with Crippen LogP contribution < -0.4 is 5.32 Å². The van der Waals surface area contributed by atoms with E-state index in [4.69, 9.17) is 0 Å². The van der Waals surface area contributed by atoms with Gasteiger partial charge in [0.05, 0.1) is 21.0 Å². The molecule has 7 nitrogen and oxygen atoms in total. The quantitative estimate of drug-likeness (QED) is 0.577. The highest BCUT2D eigenvalue weighted by molar-refractivity contribution is 7.99. The molecule has 0 aliphatic carbocycles. The molecule has 0 atom stereocenters. The molecule has 1 aromatic carbocycles. The summed E-state index contributed by atoms with van der Waals surface area (Å²) in [5, 5.41) is 3.64. The smallest absolute Gasteiger partial charge is 0.244 e. The third-order valence-electron chi connectivity index (χ3n) is 4.36. The molecule has 4 rings (SSSR count). The lowest BCUT2D eigenvalue weighted by Gasteiger charge is -2.15. The molecule has 1 fully saturated rings. The van der Waals surface area contributed by atoms with E-state index >= 15 is 0 Å². The summed E-state index contributed by atoms with van der Waals surface area (Å²) >= 11 is 2.39. The highest BCUT2D eigenvalue weighted by Crippen LogP contribution is 2.27. The van der Waals surface area contributed by atoms with Gasteiger partial charge >= 0.3 is 0 Å². The Morgan fingerprint density at radius 3 is 2.76 bits per heavy atom. The normalized spacial score (nSPS) is 15.1. The maximum atomic E-state index is 13.2. The molecule has 0 radical (unpaired) electrons. The summed E-state index contributed by atoms with van der Waals surface area (Å²) in [7, 11) is -3.49. The van der Waals surface area contributed by atoms with Crippen LogP contribution in [-0.4, -0.2) is 47.4 Å². The maximum Gasteiger partial charge on any atom is 0.244 e. The Hall–Kier alpha value is -2.08. The van der Waals surface area contributed by atoms with Gasteiger partial charge in [-0.05, 0) is 43.2 Å². The fourth-order valence-electron chi connectivity index (χ4n) is 2.93. The number of amides is 1. The summed E-state index contributed by atoms with van der Waals surface area (Å²) in [6.07, 6.45) is 3.08. The van der Waals surface area contributed by atoms with Crippen LogP contribution in [0.4, 0.5) is 9.52 Å². The molecular weight excluding hydrogens is 435 g/mol. The van der Waals surface area contributed by atoms with Crippen LogP contribution in [0.2, 0.25) is 0 Å². The summed E-state index contributed by atoms with van der Waals surface area (Å²) in [4.78, 5) is 20.7. The predicted octanol–water partition coefficient (Wildman–Crippen LogP) is 3.35. The number of thiazole rings is 1. The topological polar surface area (TPSA) is 92.3 Å². The minimum atomic E-state index is -3.49. The van der Waals surface area contributed by atoms with Gasteiger partial charge < -0.3 is 5.32 Å². The number of sulfonamides is 1. The van der Waals surface area contributed by atoms with Gasteiger partial charge in [0, 0.05) is 19.3 Å². The number of fused-ring (bicyclic) bond motifs is 1. The van der Waals surface area contributed by atoms with Crippen LogP contribution in [0.3, 0.4) is 0 Å². The number of rotatable bonds is 6. The van der Waals surface area contributed by atoms with E-state index in [1.165, 1.54) is 51.8 Å². The van der Waals surface area contributed by atoms with Crippen molar-refractivity contribution >= 4 is 54.4 Å². The maximum absolute atomic E-state index is 13.2. The monoisotopic (exact) mass is 452 g/mol. The Kier molecular flexibility index (Phi) is 5.81. The first kappa shape index (κ1) is 20.2. The molecule has 0 unspecified atom stereocenters. The third-order valence-corrected chi connectivity index (χ3v) is 8.12. The molecule has 0 spiro atoms. The first-order valence-corrected chi connectivity index (χ1v) is 12.1. The summed E-state index contributed by atoms with van der Waals surface area (Å²) in [6, 6.07) is 7.37. The standard InChI is InChI=1S/C18H17FN4O3S3/c19-12-3-5-14-15(9-12)28-18(21-14)22-16(24)11-27-17-6-4-13(10-20-17)29(25,26)23-7-1-2-8-23/h3-6,9-10H,1-2,7-8,11H2,(H,21,22,24). The largest absolute Gasteiger partial charge is 0.301 e. The van der Waals surface area contributed by atoms with E-state index in [2.05, 4.69) is 15.3 Å². The molecule has 0 bridgehead atoms. The summed E-state index contributed by atoms with van der Waals surface area (Å²) in [6.45, 7) is 1.08. The van der Waals surface area contributed by atoms with Crippen molar-refractivity contribution in [2.75, 3.05) is 24.2 Å². The SMILES string of the molecule is O=C(CSc1ccc(S(=O)(=O)N2CCCC2)cn1)Nc1nc2ccc(F)cc2s1. The van der Waals surface area contributed by atoms with E-state index in [1.54, 1.807) is 12.1 Å². The van der Waals surface area contributed by atoms with Gasteiger partial charge in [0.25, 0.3) is 0 Å². The lowest BCUT2D eigenvalue weighted by atomic mass is 10.3. The van der Waals surface area contributed by atoms with Gasteiger partial charge in [-0.25, -0.2) is 22.8 Å². The van der Waals surface area contributed by atoms with E-state index in [9.17, 15) is 17.6 Å². The number of carbonyl (C=O) groups excluding carboxylic acids is 1. The number of thioether (sulfide) groups is 1. The molecule has 1 aliphatic rings. The van der Waals surface area contributed by atoms with Crippen LogP contribution >= 0.6 is 23.1 Å². The second-order valence-electron chi connectivity index (χ2n) is 6.41. The molecule has 29 heavy (non-hydrogen) atoms. The first-order valence-electron chi connectivity index (χ1n) is 8.87. The number of nitrogens with zero attached hydrogens (tertiary/aromatic N) is 3. The Morgan fingerprint density at radius 2 is 2.03 bits per heavy atom. The van der Waals surface area contributed by atoms with E-state index in [1.807, 2.05) is 0 Å². The number of hydrogen-bond acceptors (Lipinski definition) is 7. The number of anilines is 1. The zero-order valence-electron chi connectivity index (χ0n) is 15.2. The number of hydrogen-bond donors (Lipinski definition) is 1. The van der Waals surface area contributed by atoms with Crippen molar-refractivity contribution in [1.82, 2.24) is 14.3 Å². The molecule has 1 N–H and O–H groups in total. The van der Waals surface area contributed by atoms with Crippen LogP contribution in [0.5, 0.6) is 0 Å². The lowest BCUT2D eigenvalue weighted by molar-refractivity contribution is -0.113. The fraction of sp³-hybridized carbons (Fsp3) is 0.278. The molecule has 1 amide bonds. The number of benzene rings is 1. The number of nitrogens with one attached hydrogen (secondary N) is 1. The Balaban J connectivity index is 1.35. The van der Waals surface area contributed by atoms with Crippen LogP contribution in [0.15, 0.2) is 46.5 Å².